The summed E-state index contributed by atoms with van der Waals surface area (Å²) in [4.78, 5) is 0. The van der Waals surface area contributed by atoms with E-state index < -0.39 is 5.79 Å². The van der Waals surface area contributed by atoms with E-state index in [1.807, 2.05) is 0 Å². The lowest BCUT2D eigenvalue weighted by molar-refractivity contribution is -0.331. The minimum Gasteiger partial charge on any atom is -0.355 e. The van der Waals surface area contributed by atoms with Gasteiger partial charge in [-0.25, -0.2) is 0 Å². The van der Waals surface area contributed by atoms with Gasteiger partial charge in [0.25, 0.3) is 0 Å². The molecular weight excluding hydrogens is 268 g/mol. The predicted molar refractivity (Wildman–Crippen MR) is 82.0 cm³/mol. The van der Waals surface area contributed by atoms with Gasteiger partial charge in [0.1, 0.15) is 6.79 Å². The molecule has 0 aromatic rings. The van der Waals surface area contributed by atoms with Crippen LogP contribution in [0.5, 0.6) is 0 Å². The van der Waals surface area contributed by atoms with Crippen molar-refractivity contribution in [2.24, 2.45) is 11.8 Å². The normalized spacial score (nSPS) is 31.8. The lowest BCUT2D eigenvalue weighted by Crippen LogP contribution is -2.53. The zero-order valence-corrected chi connectivity index (χ0v) is 13.5. The van der Waals surface area contributed by atoms with Crippen molar-refractivity contribution in [2.45, 2.75) is 51.7 Å². The zero-order valence-electron chi connectivity index (χ0n) is 13.5. The van der Waals surface area contributed by atoms with E-state index in [4.69, 9.17) is 18.9 Å². The molecule has 2 aliphatic heterocycles. The van der Waals surface area contributed by atoms with Crippen molar-refractivity contribution in [3.63, 3.8) is 0 Å². The second-order valence-electron chi connectivity index (χ2n) is 6.07. The first kappa shape index (κ1) is 16.9. The fourth-order valence-corrected chi connectivity index (χ4v) is 2.90. The third-order valence-electron chi connectivity index (χ3n) is 4.25. The van der Waals surface area contributed by atoms with E-state index in [2.05, 4.69) is 26.0 Å². The highest BCUT2D eigenvalue weighted by Crippen LogP contribution is 2.36. The fraction of sp³-hybridized carbons (Fsp3) is 0.882. The molecule has 2 fully saturated rings. The molecule has 21 heavy (non-hydrogen) atoms. The van der Waals surface area contributed by atoms with Gasteiger partial charge < -0.3 is 18.9 Å². The Labute approximate surface area is 128 Å². The molecule has 0 unspecified atom stereocenters. The van der Waals surface area contributed by atoms with Gasteiger partial charge >= 0.3 is 0 Å². The van der Waals surface area contributed by atoms with E-state index in [0.29, 0.717) is 25.9 Å². The molecular formula is C17H30O4. The highest BCUT2D eigenvalue weighted by atomic mass is 16.7. The summed E-state index contributed by atoms with van der Waals surface area (Å²) in [6.45, 7) is 7.58. The summed E-state index contributed by atoms with van der Waals surface area (Å²) in [7, 11) is 0. The Balaban J connectivity index is 1.92. The SMILES string of the molecule is CCC/C=C/[C@H]1CO[C@](CCCC)(C2COCOC2)OC1. The Morgan fingerprint density at radius 3 is 2.33 bits per heavy atom. The molecule has 0 aliphatic carbocycles. The summed E-state index contributed by atoms with van der Waals surface area (Å²) in [5.41, 5.74) is 0. The summed E-state index contributed by atoms with van der Waals surface area (Å²) in [6.07, 6.45) is 9.95. The Bertz CT molecular complexity index is 302. The minimum absolute atomic E-state index is 0.179. The van der Waals surface area contributed by atoms with Gasteiger partial charge in [-0.15, -0.1) is 0 Å². The van der Waals surface area contributed by atoms with Crippen molar-refractivity contribution in [3.05, 3.63) is 12.2 Å². The summed E-state index contributed by atoms with van der Waals surface area (Å²) in [5, 5.41) is 0. The highest BCUT2D eigenvalue weighted by molar-refractivity contribution is 4.92. The summed E-state index contributed by atoms with van der Waals surface area (Å²) >= 11 is 0. The Kier molecular flexibility index (Phi) is 7.17. The van der Waals surface area contributed by atoms with E-state index >= 15 is 0 Å². The largest absolute Gasteiger partial charge is 0.355 e. The molecule has 0 aromatic heterocycles. The van der Waals surface area contributed by atoms with Crippen LogP contribution in [0.15, 0.2) is 12.2 Å². The van der Waals surface area contributed by atoms with Crippen LogP contribution in [0.25, 0.3) is 0 Å². The molecule has 2 aliphatic rings. The first-order valence-electron chi connectivity index (χ1n) is 8.40. The number of hydrogen-bond acceptors (Lipinski definition) is 4. The maximum Gasteiger partial charge on any atom is 0.175 e. The average Bonchev–Trinajstić information content (AvgIpc) is 2.55. The van der Waals surface area contributed by atoms with Crippen LogP contribution in [0.3, 0.4) is 0 Å². The third kappa shape index (κ3) is 4.78. The van der Waals surface area contributed by atoms with Crippen LogP contribution >= 0.6 is 0 Å². The molecule has 0 bridgehead atoms. The molecule has 2 saturated heterocycles. The van der Waals surface area contributed by atoms with Gasteiger partial charge in [-0.3, -0.25) is 0 Å². The molecule has 0 amide bonds. The van der Waals surface area contributed by atoms with E-state index in [1.54, 1.807) is 0 Å². The molecule has 2 rings (SSSR count). The molecule has 0 spiro atoms. The maximum atomic E-state index is 6.22. The van der Waals surface area contributed by atoms with Gasteiger partial charge in [-0.05, 0) is 12.8 Å². The number of rotatable bonds is 7. The van der Waals surface area contributed by atoms with Crippen LogP contribution in [0, 0.1) is 11.8 Å². The van der Waals surface area contributed by atoms with Crippen LogP contribution in [0.4, 0.5) is 0 Å². The van der Waals surface area contributed by atoms with E-state index in [-0.39, 0.29) is 5.92 Å². The molecule has 4 heteroatoms. The average molecular weight is 298 g/mol. The van der Waals surface area contributed by atoms with Crippen molar-refractivity contribution in [3.8, 4) is 0 Å². The van der Waals surface area contributed by atoms with Gasteiger partial charge in [0.15, 0.2) is 5.79 Å². The summed E-state index contributed by atoms with van der Waals surface area (Å²) < 4.78 is 23.3. The van der Waals surface area contributed by atoms with Crippen molar-refractivity contribution in [2.75, 3.05) is 33.2 Å². The number of hydrogen-bond donors (Lipinski definition) is 0. The van der Waals surface area contributed by atoms with Crippen LogP contribution in [0.2, 0.25) is 0 Å². The van der Waals surface area contributed by atoms with Gasteiger partial charge in [-0.2, -0.15) is 0 Å². The lowest BCUT2D eigenvalue weighted by Gasteiger charge is -2.45. The van der Waals surface area contributed by atoms with E-state index in [9.17, 15) is 0 Å². The van der Waals surface area contributed by atoms with Crippen molar-refractivity contribution in [1.29, 1.82) is 0 Å². The van der Waals surface area contributed by atoms with Gasteiger partial charge in [0.05, 0.1) is 32.3 Å². The Hall–Kier alpha value is -0.420. The molecule has 0 atom stereocenters. The molecule has 0 aromatic carbocycles. The van der Waals surface area contributed by atoms with Crippen molar-refractivity contribution >= 4 is 0 Å². The Morgan fingerprint density at radius 2 is 1.71 bits per heavy atom. The van der Waals surface area contributed by atoms with Crippen LogP contribution in [-0.2, 0) is 18.9 Å². The molecule has 0 radical (unpaired) electrons. The highest BCUT2D eigenvalue weighted by Gasteiger charge is 2.45. The summed E-state index contributed by atoms with van der Waals surface area (Å²) in [5.74, 6) is 0.0426. The first-order valence-corrected chi connectivity index (χ1v) is 8.40. The van der Waals surface area contributed by atoms with Gasteiger partial charge in [0, 0.05) is 12.3 Å². The predicted octanol–water partition coefficient (Wildman–Crippen LogP) is 3.51. The smallest absolute Gasteiger partial charge is 0.175 e. The minimum atomic E-state index is -0.508. The monoisotopic (exact) mass is 298 g/mol. The first-order chi connectivity index (χ1) is 10.3. The van der Waals surface area contributed by atoms with Gasteiger partial charge in [0.2, 0.25) is 0 Å². The standard InChI is InChI=1S/C17H30O4/c1-3-5-7-8-15-10-20-17(21-11-15,9-6-4-2)16-12-18-14-19-13-16/h7-8,15-16H,3-6,9-14H2,1-2H3/b8-7+/t15-,17-. The van der Waals surface area contributed by atoms with Crippen molar-refractivity contribution < 1.29 is 18.9 Å². The van der Waals surface area contributed by atoms with E-state index in [1.165, 1.54) is 6.42 Å². The van der Waals surface area contributed by atoms with Crippen LogP contribution < -0.4 is 0 Å². The lowest BCUT2D eigenvalue weighted by atomic mass is 9.92. The Morgan fingerprint density at radius 1 is 1.00 bits per heavy atom. The molecule has 0 saturated carbocycles. The molecule has 0 N–H and O–H groups in total. The topological polar surface area (TPSA) is 36.9 Å². The molecule has 122 valence electrons. The zero-order chi connectivity index (χ0) is 15.0. The molecule has 2 heterocycles. The third-order valence-corrected chi connectivity index (χ3v) is 4.25. The number of unbranched alkanes of at least 4 members (excludes halogenated alkanes) is 2. The van der Waals surface area contributed by atoms with E-state index in [0.717, 1.165) is 38.9 Å². The quantitative estimate of drug-likeness (QED) is 0.674. The van der Waals surface area contributed by atoms with Crippen molar-refractivity contribution in [1.82, 2.24) is 0 Å². The summed E-state index contributed by atoms with van der Waals surface area (Å²) in [6, 6.07) is 0. The maximum absolute atomic E-state index is 6.22. The second-order valence-corrected chi connectivity index (χ2v) is 6.07. The fourth-order valence-electron chi connectivity index (χ4n) is 2.90. The van der Waals surface area contributed by atoms with Gasteiger partial charge in [-0.1, -0.05) is 38.8 Å². The second kappa shape index (κ2) is 8.89. The van der Waals surface area contributed by atoms with Crippen LogP contribution in [-0.4, -0.2) is 39.0 Å². The molecule has 4 nitrogen and oxygen atoms in total. The number of allylic oxidation sites excluding steroid dienone is 1. The van der Waals surface area contributed by atoms with Crippen LogP contribution in [0.1, 0.15) is 46.0 Å². The number of ether oxygens (including phenoxy) is 4.